The monoisotopic (exact) mass is 193 g/mol. The van der Waals surface area contributed by atoms with E-state index in [9.17, 15) is 0 Å². The molecule has 3 nitrogen and oxygen atoms in total. The number of hydrogen-bond donors (Lipinski definition) is 1. The highest BCUT2D eigenvalue weighted by molar-refractivity contribution is 4.91. The zero-order valence-electron chi connectivity index (χ0n) is 8.87. The molecular weight excluding hydrogens is 174 g/mol. The van der Waals surface area contributed by atoms with Gasteiger partial charge in [0, 0.05) is 32.4 Å². The molecule has 1 aliphatic carbocycles. The molecule has 0 bridgehead atoms. The molecular formula is C11H19N3. The Hall–Kier alpha value is -0.830. The van der Waals surface area contributed by atoms with Crippen molar-refractivity contribution >= 4 is 0 Å². The van der Waals surface area contributed by atoms with Crippen LogP contribution in [0.1, 0.15) is 25.1 Å². The molecule has 1 saturated carbocycles. The highest BCUT2D eigenvalue weighted by atomic mass is 15.0. The summed E-state index contributed by atoms with van der Waals surface area (Å²) in [7, 11) is 2.05. The molecule has 0 aliphatic heterocycles. The maximum atomic E-state index is 4.28. The second-order valence-corrected chi connectivity index (χ2v) is 4.19. The van der Waals surface area contributed by atoms with Gasteiger partial charge in [-0.05, 0) is 18.9 Å². The second kappa shape index (κ2) is 4.60. The third kappa shape index (κ3) is 2.84. The predicted octanol–water partition coefficient (Wildman–Crippen LogP) is 1.35. The number of rotatable bonds is 6. The summed E-state index contributed by atoms with van der Waals surface area (Å²) in [5.41, 5.74) is 0. The summed E-state index contributed by atoms with van der Waals surface area (Å²) in [6.45, 7) is 2.23. The molecule has 0 radical (unpaired) electrons. The molecule has 0 atom stereocenters. The zero-order valence-corrected chi connectivity index (χ0v) is 8.87. The Labute approximate surface area is 85.5 Å². The minimum absolute atomic E-state index is 1.04. The lowest BCUT2D eigenvalue weighted by molar-refractivity contribution is 0.601. The lowest BCUT2D eigenvalue weighted by atomic mass is 10.3. The number of imidazole rings is 1. The van der Waals surface area contributed by atoms with E-state index in [4.69, 9.17) is 0 Å². The van der Waals surface area contributed by atoms with E-state index in [-0.39, 0.29) is 0 Å². The smallest absolute Gasteiger partial charge is 0.109 e. The fourth-order valence-corrected chi connectivity index (χ4v) is 1.68. The van der Waals surface area contributed by atoms with Gasteiger partial charge in [-0.25, -0.2) is 4.98 Å². The maximum absolute atomic E-state index is 4.28. The molecule has 0 saturated heterocycles. The summed E-state index contributed by atoms with van der Waals surface area (Å²) < 4.78 is 2.09. The first-order valence-corrected chi connectivity index (χ1v) is 5.53. The van der Waals surface area contributed by atoms with Gasteiger partial charge in [-0.2, -0.15) is 0 Å². The van der Waals surface area contributed by atoms with Crippen LogP contribution in [0.5, 0.6) is 0 Å². The molecule has 1 aliphatic rings. The fraction of sp³-hybridized carbons (Fsp3) is 0.727. The van der Waals surface area contributed by atoms with E-state index < -0.39 is 0 Å². The van der Waals surface area contributed by atoms with Crippen LogP contribution in [0.4, 0.5) is 0 Å². The van der Waals surface area contributed by atoms with Gasteiger partial charge in [0.1, 0.15) is 5.82 Å². The van der Waals surface area contributed by atoms with Crippen molar-refractivity contribution in [2.75, 3.05) is 13.1 Å². The van der Waals surface area contributed by atoms with E-state index in [0.717, 1.165) is 18.9 Å². The standard InChI is InChI=1S/C11H19N3/c1-14-9-8-13-11(14)5-7-12-6-4-10-2-3-10/h8-10,12H,2-7H2,1H3. The molecule has 1 fully saturated rings. The Morgan fingerprint density at radius 1 is 1.50 bits per heavy atom. The normalized spacial score (nSPS) is 16.1. The zero-order chi connectivity index (χ0) is 9.80. The number of aromatic nitrogens is 2. The van der Waals surface area contributed by atoms with Gasteiger partial charge in [0.25, 0.3) is 0 Å². The van der Waals surface area contributed by atoms with Gasteiger partial charge in [0.05, 0.1) is 0 Å². The SMILES string of the molecule is Cn1ccnc1CCNCCC1CC1. The van der Waals surface area contributed by atoms with E-state index in [1.165, 1.54) is 31.6 Å². The minimum atomic E-state index is 1.04. The quantitative estimate of drug-likeness (QED) is 0.691. The van der Waals surface area contributed by atoms with E-state index in [1.54, 1.807) is 0 Å². The van der Waals surface area contributed by atoms with Gasteiger partial charge in [0.15, 0.2) is 0 Å². The van der Waals surface area contributed by atoms with Crippen LogP contribution in [0.2, 0.25) is 0 Å². The number of nitrogens with zero attached hydrogens (tertiary/aromatic N) is 2. The van der Waals surface area contributed by atoms with Crippen molar-refractivity contribution in [1.29, 1.82) is 0 Å². The van der Waals surface area contributed by atoms with Gasteiger partial charge >= 0.3 is 0 Å². The molecule has 1 aromatic rings. The summed E-state index contributed by atoms with van der Waals surface area (Å²) in [6, 6.07) is 0. The third-order valence-electron chi connectivity index (χ3n) is 2.87. The highest BCUT2D eigenvalue weighted by Gasteiger charge is 2.19. The van der Waals surface area contributed by atoms with Crippen LogP contribution in [0.3, 0.4) is 0 Å². The Morgan fingerprint density at radius 3 is 3.00 bits per heavy atom. The van der Waals surface area contributed by atoms with Crippen molar-refractivity contribution < 1.29 is 0 Å². The second-order valence-electron chi connectivity index (χ2n) is 4.19. The van der Waals surface area contributed by atoms with Crippen molar-refractivity contribution in [3.05, 3.63) is 18.2 Å². The van der Waals surface area contributed by atoms with Crippen LogP contribution in [0, 0.1) is 5.92 Å². The van der Waals surface area contributed by atoms with Gasteiger partial charge < -0.3 is 9.88 Å². The van der Waals surface area contributed by atoms with Crippen LogP contribution in [0.15, 0.2) is 12.4 Å². The number of nitrogens with one attached hydrogen (secondary N) is 1. The Balaban J connectivity index is 1.56. The molecule has 0 amide bonds. The molecule has 1 aromatic heterocycles. The highest BCUT2D eigenvalue weighted by Crippen LogP contribution is 2.31. The Bertz CT molecular complexity index is 276. The molecule has 0 spiro atoms. The summed E-state index contributed by atoms with van der Waals surface area (Å²) in [6.07, 6.45) is 9.18. The molecule has 1 heterocycles. The summed E-state index contributed by atoms with van der Waals surface area (Å²) in [4.78, 5) is 4.28. The summed E-state index contributed by atoms with van der Waals surface area (Å²) in [5.74, 6) is 2.21. The van der Waals surface area contributed by atoms with Crippen LogP contribution in [0.25, 0.3) is 0 Å². The maximum Gasteiger partial charge on any atom is 0.109 e. The molecule has 3 heteroatoms. The predicted molar refractivity (Wildman–Crippen MR) is 57.1 cm³/mol. The first-order chi connectivity index (χ1) is 6.86. The summed E-state index contributed by atoms with van der Waals surface area (Å²) in [5, 5.41) is 3.47. The van der Waals surface area contributed by atoms with E-state index >= 15 is 0 Å². The van der Waals surface area contributed by atoms with Crippen molar-refractivity contribution in [2.24, 2.45) is 13.0 Å². The minimum Gasteiger partial charge on any atom is -0.338 e. The van der Waals surface area contributed by atoms with Crippen LogP contribution < -0.4 is 5.32 Å². The van der Waals surface area contributed by atoms with Crippen LogP contribution >= 0.6 is 0 Å². The van der Waals surface area contributed by atoms with Gasteiger partial charge in [-0.15, -0.1) is 0 Å². The molecule has 0 unspecified atom stereocenters. The van der Waals surface area contributed by atoms with Gasteiger partial charge in [-0.3, -0.25) is 0 Å². The van der Waals surface area contributed by atoms with Gasteiger partial charge in [0.2, 0.25) is 0 Å². The molecule has 1 N–H and O–H groups in total. The Morgan fingerprint density at radius 2 is 2.36 bits per heavy atom. The fourth-order valence-electron chi connectivity index (χ4n) is 1.68. The topological polar surface area (TPSA) is 29.9 Å². The van der Waals surface area contributed by atoms with Crippen molar-refractivity contribution in [2.45, 2.75) is 25.7 Å². The van der Waals surface area contributed by atoms with Crippen molar-refractivity contribution in [3.63, 3.8) is 0 Å². The van der Waals surface area contributed by atoms with Crippen molar-refractivity contribution in [3.8, 4) is 0 Å². The average molecular weight is 193 g/mol. The van der Waals surface area contributed by atoms with Crippen molar-refractivity contribution in [1.82, 2.24) is 14.9 Å². The number of hydrogen-bond acceptors (Lipinski definition) is 2. The first kappa shape index (κ1) is 9.71. The Kier molecular flexibility index (Phi) is 3.19. The van der Waals surface area contributed by atoms with Crippen LogP contribution in [-0.4, -0.2) is 22.6 Å². The van der Waals surface area contributed by atoms with E-state index in [1.807, 2.05) is 19.4 Å². The molecule has 2 rings (SSSR count). The third-order valence-corrected chi connectivity index (χ3v) is 2.87. The number of aryl methyl sites for hydroxylation is 1. The van der Waals surface area contributed by atoms with Crippen LogP contribution in [-0.2, 0) is 13.5 Å². The first-order valence-electron chi connectivity index (χ1n) is 5.53. The van der Waals surface area contributed by atoms with Gasteiger partial charge in [-0.1, -0.05) is 12.8 Å². The molecule has 0 aromatic carbocycles. The molecule has 78 valence electrons. The lowest BCUT2D eigenvalue weighted by Crippen LogP contribution is -2.20. The van der Waals surface area contributed by atoms with E-state index in [0.29, 0.717) is 0 Å². The largest absolute Gasteiger partial charge is 0.338 e. The lowest BCUT2D eigenvalue weighted by Gasteiger charge is -2.04. The average Bonchev–Trinajstić information content (AvgIpc) is 2.91. The molecule has 14 heavy (non-hydrogen) atoms. The van der Waals surface area contributed by atoms with E-state index in [2.05, 4.69) is 14.9 Å². The summed E-state index contributed by atoms with van der Waals surface area (Å²) >= 11 is 0.